The van der Waals surface area contributed by atoms with Gasteiger partial charge in [-0.3, -0.25) is 0 Å². The molecule has 1 fully saturated rings. The van der Waals surface area contributed by atoms with Gasteiger partial charge in [0.15, 0.2) is 0 Å². The van der Waals surface area contributed by atoms with E-state index >= 15 is 0 Å². The van der Waals surface area contributed by atoms with Crippen LogP contribution in [0.4, 0.5) is 5.82 Å². The van der Waals surface area contributed by atoms with Crippen LogP contribution < -0.4 is 4.90 Å². The Hall–Kier alpha value is -0.800. The van der Waals surface area contributed by atoms with Gasteiger partial charge in [0.1, 0.15) is 5.82 Å². The highest BCUT2D eigenvalue weighted by Crippen LogP contribution is 2.27. The van der Waals surface area contributed by atoms with Crippen molar-refractivity contribution in [2.75, 3.05) is 25.1 Å². The molecule has 1 saturated heterocycles. The van der Waals surface area contributed by atoms with Crippen LogP contribution in [0, 0.1) is 6.92 Å². The van der Waals surface area contributed by atoms with Crippen molar-refractivity contribution in [3.8, 4) is 0 Å². The maximum Gasteiger partial charge on any atom is 0.129 e. The van der Waals surface area contributed by atoms with E-state index in [1.54, 1.807) is 7.11 Å². The van der Waals surface area contributed by atoms with Crippen molar-refractivity contribution >= 4 is 17.4 Å². The molecule has 0 aromatic carbocycles. The van der Waals surface area contributed by atoms with Gasteiger partial charge in [0.2, 0.25) is 0 Å². The Balaban J connectivity index is 2.23. The van der Waals surface area contributed by atoms with Crippen LogP contribution in [0.2, 0.25) is 0 Å². The van der Waals surface area contributed by atoms with Crippen LogP contribution in [-0.2, 0) is 10.6 Å². The molecule has 4 heteroatoms. The number of halogens is 1. The molecule has 1 aliphatic heterocycles. The van der Waals surface area contributed by atoms with E-state index in [4.69, 9.17) is 16.3 Å². The van der Waals surface area contributed by atoms with Gasteiger partial charge in [0.25, 0.3) is 0 Å². The summed E-state index contributed by atoms with van der Waals surface area (Å²) < 4.78 is 5.62. The Bertz CT molecular complexity index is 424. The number of methoxy groups -OCH3 is 1. The zero-order valence-electron chi connectivity index (χ0n) is 11.4. The number of piperidine rings is 1. The third-order valence-corrected chi connectivity index (χ3v) is 3.94. The summed E-state index contributed by atoms with van der Waals surface area (Å²) in [6, 6.07) is 4.12. The molecule has 0 amide bonds. The number of pyridine rings is 1. The van der Waals surface area contributed by atoms with Crippen molar-refractivity contribution in [3.05, 3.63) is 23.4 Å². The summed E-state index contributed by atoms with van der Waals surface area (Å²) in [5.41, 5.74) is 2.09. The van der Waals surface area contributed by atoms with Crippen LogP contribution in [0.3, 0.4) is 0 Å². The maximum atomic E-state index is 5.92. The third-order valence-electron chi connectivity index (χ3n) is 3.63. The largest absolute Gasteiger partial charge is 0.377 e. The lowest BCUT2D eigenvalue weighted by Crippen LogP contribution is -2.47. The molecule has 1 aliphatic rings. The van der Waals surface area contributed by atoms with Crippen molar-refractivity contribution < 1.29 is 4.74 Å². The quantitative estimate of drug-likeness (QED) is 0.788. The summed E-state index contributed by atoms with van der Waals surface area (Å²) >= 11 is 5.92. The van der Waals surface area contributed by atoms with Gasteiger partial charge in [-0.05, 0) is 44.4 Å². The number of hydrogen-bond acceptors (Lipinski definition) is 3. The number of aryl methyl sites for hydroxylation is 1. The lowest BCUT2D eigenvalue weighted by atomic mass is 9.94. The van der Waals surface area contributed by atoms with Crippen LogP contribution >= 0.6 is 11.6 Å². The van der Waals surface area contributed by atoms with E-state index in [9.17, 15) is 0 Å². The third kappa shape index (κ3) is 2.96. The molecule has 100 valence electrons. The molecule has 0 aliphatic carbocycles. The molecule has 0 bridgehead atoms. The molecule has 0 N–H and O–H groups in total. The molecule has 2 heterocycles. The highest BCUT2D eigenvalue weighted by molar-refractivity contribution is 6.17. The standard InChI is InChI=1S/C14H21ClN2O/c1-11-7-12(9-15)8-13(16-11)17-6-4-5-14(2,10-17)18-3/h7-8H,4-6,9-10H2,1-3H3. The lowest BCUT2D eigenvalue weighted by molar-refractivity contribution is -0.00482. The molecule has 2 rings (SSSR count). The summed E-state index contributed by atoms with van der Waals surface area (Å²) in [6.45, 7) is 6.11. The highest BCUT2D eigenvalue weighted by atomic mass is 35.5. The fourth-order valence-corrected chi connectivity index (χ4v) is 2.68. The second kappa shape index (κ2) is 5.45. The Kier molecular flexibility index (Phi) is 4.13. The predicted octanol–water partition coefficient (Wildman–Crippen LogP) is 3.13. The van der Waals surface area contributed by atoms with Crippen LogP contribution in [0.25, 0.3) is 0 Å². The highest BCUT2D eigenvalue weighted by Gasteiger charge is 2.31. The first-order valence-corrected chi connectivity index (χ1v) is 6.93. The number of aromatic nitrogens is 1. The van der Waals surface area contributed by atoms with Crippen molar-refractivity contribution in [3.63, 3.8) is 0 Å². The Morgan fingerprint density at radius 3 is 2.94 bits per heavy atom. The fourth-order valence-electron chi connectivity index (χ4n) is 2.53. The van der Waals surface area contributed by atoms with Gasteiger partial charge in [0.05, 0.1) is 5.60 Å². The number of ether oxygens (including phenoxy) is 1. The molecular weight excluding hydrogens is 248 g/mol. The molecule has 1 unspecified atom stereocenters. The monoisotopic (exact) mass is 268 g/mol. The number of anilines is 1. The fraction of sp³-hybridized carbons (Fsp3) is 0.643. The van der Waals surface area contributed by atoms with Crippen molar-refractivity contribution in [1.29, 1.82) is 0 Å². The Morgan fingerprint density at radius 1 is 1.50 bits per heavy atom. The van der Waals surface area contributed by atoms with Crippen LogP contribution in [-0.4, -0.2) is 30.8 Å². The van der Waals surface area contributed by atoms with E-state index in [1.165, 1.54) is 0 Å². The minimum atomic E-state index is -0.0647. The normalized spacial score (nSPS) is 24.3. The topological polar surface area (TPSA) is 25.4 Å². The maximum absolute atomic E-state index is 5.92. The van der Waals surface area contributed by atoms with Crippen LogP contribution in [0.15, 0.2) is 12.1 Å². The SMILES string of the molecule is COC1(C)CCCN(c2cc(CCl)cc(C)n2)C1. The number of alkyl halides is 1. The van der Waals surface area contributed by atoms with E-state index < -0.39 is 0 Å². The summed E-state index contributed by atoms with van der Waals surface area (Å²) in [6.07, 6.45) is 2.24. The van der Waals surface area contributed by atoms with Gasteiger partial charge in [-0.1, -0.05) is 0 Å². The number of hydrogen-bond donors (Lipinski definition) is 0. The van der Waals surface area contributed by atoms with Gasteiger partial charge in [-0.2, -0.15) is 0 Å². The average Bonchev–Trinajstić information content (AvgIpc) is 2.38. The molecule has 0 spiro atoms. The van der Waals surface area contributed by atoms with Gasteiger partial charge >= 0.3 is 0 Å². The minimum Gasteiger partial charge on any atom is -0.377 e. The van der Waals surface area contributed by atoms with Gasteiger partial charge in [-0.15, -0.1) is 11.6 Å². The van der Waals surface area contributed by atoms with Gasteiger partial charge in [0, 0.05) is 31.8 Å². The minimum absolute atomic E-state index is 0.0647. The summed E-state index contributed by atoms with van der Waals surface area (Å²) in [5, 5.41) is 0. The molecule has 1 atom stereocenters. The predicted molar refractivity (Wildman–Crippen MR) is 75.4 cm³/mol. The zero-order valence-corrected chi connectivity index (χ0v) is 12.1. The lowest BCUT2D eigenvalue weighted by Gasteiger charge is -2.40. The second-order valence-corrected chi connectivity index (χ2v) is 5.56. The van der Waals surface area contributed by atoms with E-state index in [-0.39, 0.29) is 5.60 Å². The Morgan fingerprint density at radius 2 is 2.28 bits per heavy atom. The first-order valence-electron chi connectivity index (χ1n) is 6.40. The van der Waals surface area contributed by atoms with Crippen molar-refractivity contribution in [1.82, 2.24) is 4.98 Å². The molecule has 3 nitrogen and oxygen atoms in total. The van der Waals surface area contributed by atoms with E-state index in [0.717, 1.165) is 43.0 Å². The number of nitrogens with zero attached hydrogens (tertiary/aromatic N) is 2. The zero-order chi connectivity index (χ0) is 13.2. The average molecular weight is 269 g/mol. The van der Waals surface area contributed by atoms with Gasteiger partial charge < -0.3 is 9.64 Å². The first kappa shape index (κ1) is 13.6. The molecule has 0 saturated carbocycles. The van der Waals surface area contributed by atoms with Gasteiger partial charge in [-0.25, -0.2) is 4.98 Å². The summed E-state index contributed by atoms with van der Waals surface area (Å²) in [7, 11) is 1.79. The van der Waals surface area contributed by atoms with E-state index in [1.807, 2.05) is 13.0 Å². The molecule has 0 radical (unpaired) electrons. The second-order valence-electron chi connectivity index (χ2n) is 5.29. The number of rotatable bonds is 3. The van der Waals surface area contributed by atoms with Crippen LogP contribution in [0.5, 0.6) is 0 Å². The molecule has 1 aromatic heterocycles. The smallest absolute Gasteiger partial charge is 0.129 e. The van der Waals surface area contributed by atoms with Crippen molar-refractivity contribution in [2.24, 2.45) is 0 Å². The molecular formula is C14H21ClN2O. The summed E-state index contributed by atoms with van der Waals surface area (Å²) in [4.78, 5) is 6.92. The Labute approximate surface area is 114 Å². The first-order chi connectivity index (χ1) is 8.56. The van der Waals surface area contributed by atoms with Crippen molar-refractivity contribution in [2.45, 2.75) is 38.2 Å². The summed E-state index contributed by atoms with van der Waals surface area (Å²) in [5.74, 6) is 1.56. The van der Waals surface area contributed by atoms with E-state index in [0.29, 0.717) is 5.88 Å². The molecule has 1 aromatic rings. The van der Waals surface area contributed by atoms with E-state index in [2.05, 4.69) is 22.9 Å². The van der Waals surface area contributed by atoms with Crippen LogP contribution in [0.1, 0.15) is 31.0 Å². The molecule has 18 heavy (non-hydrogen) atoms.